The molecule has 1 aliphatic heterocycles. The van der Waals surface area contributed by atoms with Gasteiger partial charge in [0.15, 0.2) is 5.75 Å². The van der Waals surface area contributed by atoms with Crippen LogP contribution in [0.3, 0.4) is 0 Å². The zero-order chi connectivity index (χ0) is 18.7. The van der Waals surface area contributed by atoms with Gasteiger partial charge in [-0.3, -0.25) is 15.1 Å². The summed E-state index contributed by atoms with van der Waals surface area (Å²) in [5, 5.41) is 14.7. The summed E-state index contributed by atoms with van der Waals surface area (Å²) < 4.78 is 11.2. The van der Waals surface area contributed by atoms with Crippen molar-refractivity contribution in [2.75, 3.05) is 20.2 Å². The molecule has 0 aromatic heterocycles. The summed E-state index contributed by atoms with van der Waals surface area (Å²) >= 11 is 0. The molecule has 26 heavy (non-hydrogen) atoms. The third-order valence-corrected chi connectivity index (χ3v) is 4.28. The van der Waals surface area contributed by atoms with Crippen LogP contribution in [0.4, 0.5) is 5.69 Å². The maximum atomic E-state index is 11.6. The van der Waals surface area contributed by atoms with Crippen molar-refractivity contribution in [3.05, 3.63) is 62.7 Å². The quantitative estimate of drug-likeness (QED) is 0.635. The van der Waals surface area contributed by atoms with E-state index in [4.69, 9.17) is 9.47 Å². The molecule has 0 atom stereocenters. The summed E-state index contributed by atoms with van der Waals surface area (Å²) in [5.74, 6) is 1.07. The van der Waals surface area contributed by atoms with Crippen molar-refractivity contribution in [2.24, 2.45) is 4.99 Å². The van der Waals surface area contributed by atoms with Crippen molar-refractivity contribution in [1.29, 1.82) is 0 Å². The predicted octanol–water partition coefficient (Wildman–Crippen LogP) is 3.15. The van der Waals surface area contributed by atoms with Crippen molar-refractivity contribution in [1.82, 2.24) is 5.32 Å². The second kappa shape index (κ2) is 7.43. The topological polar surface area (TPSA) is 86.0 Å². The monoisotopic (exact) mass is 355 g/mol. The fourth-order valence-corrected chi connectivity index (χ4v) is 2.85. The number of methoxy groups -OCH3 is 1. The third kappa shape index (κ3) is 3.61. The van der Waals surface area contributed by atoms with Gasteiger partial charge >= 0.3 is 5.69 Å². The number of amidine groups is 1. The normalized spacial score (nSPS) is 13.1. The van der Waals surface area contributed by atoms with Crippen LogP contribution in [0.2, 0.25) is 0 Å². The maximum Gasteiger partial charge on any atom is 0.315 e. The fourth-order valence-electron chi connectivity index (χ4n) is 2.85. The molecule has 2 aromatic carbocycles. The van der Waals surface area contributed by atoms with E-state index in [2.05, 4.69) is 10.3 Å². The number of aliphatic imine (C=N–C) groups is 1. The van der Waals surface area contributed by atoms with Crippen molar-refractivity contribution < 1.29 is 14.4 Å². The van der Waals surface area contributed by atoms with E-state index in [1.807, 2.05) is 32.0 Å². The molecular weight excluding hydrogens is 334 g/mol. The molecule has 136 valence electrons. The molecular formula is C19H21N3O4. The van der Waals surface area contributed by atoms with Crippen LogP contribution in [-0.2, 0) is 6.61 Å². The Morgan fingerprint density at radius 1 is 1.27 bits per heavy atom. The summed E-state index contributed by atoms with van der Waals surface area (Å²) in [7, 11) is 1.47. The van der Waals surface area contributed by atoms with Gasteiger partial charge in [-0.2, -0.15) is 0 Å². The van der Waals surface area contributed by atoms with E-state index in [0.29, 0.717) is 23.7 Å². The van der Waals surface area contributed by atoms with Crippen LogP contribution >= 0.6 is 0 Å². The van der Waals surface area contributed by atoms with Gasteiger partial charge in [0, 0.05) is 18.2 Å². The van der Waals surface area contributed by atoms with E-state index >= 15 is 0 Å². The first kappa shape index (κ1) is 17.7. The first-order chi connectivity index (χ1) is 12.5. The molecule has 1 heterocycles. The highest BCUT2D eigenvalue weighted by molar-refractivity contribution is 6.01. The molecule has 3 rings (SSSR count). The Morgan fingerprint density at radius 3 is 2.73 bits per heavy atom. The summed E-state index contributed by atoms with van der Waals surface area (Å²) in [4.78, 5) is 15.5. The van der Waals surface area contributed by atoms with Crippen LogP contribution in [0, 0.1) is 24.0 Å². The number of nitro benzene ring substituents is 1. The Morgan fingerprint density at radius 2 is 2.08 bits per heavy atom. The van der Waals surface area contributed by atoms with Gasteiger partial charge < -0.3 is 14.8 Å². The highest BCUT2D eigenvalue weighted by Gasteiger charge is 2.24. The molecule has 0 aliphatic carbocycles. The highest BCUT2D eigenvalue weighted by Crippen LogP contribution is 2.39. The van der Waals surface area contributed by atoms with E-state index < -0.39 is 4.92 Å². The smallest absolute Gasteiger partial charge is 0.315 e. The summed E-state index contributed by atoms with van der Waals surface area (Å²) in [6.45, 7) is 5.57. The van der Waals surface area contributed by atoms with E-state index in [1.165, 1.54) is 13.2 Å². The Labute approximate surface area is 151 Å². The Bertz CT molecular complexity index is 877. The van der Waals surface area contributed by atoms with Crippen molar-refractivity contribution in [3.8, 4) is 11.5 Å². The van der Waals surface area contributed by atoms with Crippen LogP contribution in [0.15, 0.2) is 35.3 Å². The Hall–Kier alpha value is -3.09. The zero-order valence-electron chi connectivity index (χ0n) is 15.0. The fraction of sp³-hybridized carbons (Fsp3) is 0.316. The average molecular weight is 355 g/mol. The maximum absolute atomic E-state index is 11.6. The van der Waals surface area contributed by atoms with Gasteiger partial charge in [-0.1, -0.05) is 23.8 Å². The van der Waals surface area contributed by atoms with Crippen LogP contribution < -0.4 is 14.8 Å². The number of hydrogen-bond donors (Lipinski definition) is 1. The zero-order valence-corrected chi connectivity index (χ0v) is 15.0. The van der Waals surface area contributed by atoms with Gasteiger partial charge in [-0.05, 0) is 31.0 Å². The Kier molecular flexibility index (Phi) is 5.06. The first-order valence-electron chi connectivity index (χ1n) is 8.33. The molecule has 2 aromatic rings. The molecule has 0 bridgehead atoms. The van der Waals surface area contributed by atoms with Gasteiger partial charge in [0.05, 0.1) is 18.6 Å². The molecule has 0 radical (unpaired) electrons. The molecule has 0 saturated carbocycles. The van der Waals surface area contributed by atoms with Crippen molar-refractivity contribution in [3.63, 3.8) is 0 Å². The minimum absolute atomic E-state index is 0.126. The molecule has 1 aliphatic rings. The van der Waals surface area contributed by atoms with E-state index in [-0.39, 0.29) is 18.0 Å². The number of nitrogens with one attached hydrogen (secondary N) is 1. The SMILES string of the molecule is COc1cc(C2=NCCN2)cc([N+](=O)[O-])c1OCc1cc(C)ccc1C. The lowest BCUT2D eigenvalue weighted by Gasteiger charge is -2.14. The number of nitrogens with zero attached hydrogens (tertiary/aromatic N) is 2. The number of ether oxygens (including phenoxy) is 2. The predicted molar refractivity (Wildman–Crippen MR) is 99.3 cm³/mol. The van der Waals surface area contributed by atoms with Crippen LogP contribution in [0.1, 0.15) is 22.3 Å². The molecule has 0 unspecified atom stereocenters. The van der Waals surface area contributed by atoms with Crippen molar-refractivity contribution in [2.45, 2.75) is 20.5 Å². The minimum Gasteiger partial charge on any atom is -0.493 e. The van der Waals surface area contributed by atoms with Crippen LogP contribution in [-0.4, -0.2) is 31.0 Å². The highest BCUT2D eigenvalue weighted by atomic mass is 16.6. The van der Waals surface area contributed by atoms with Gasteiger partial charge in [-0.15, -0.1) is 0 Å². The van der Waals surface area contributed by atoms with E-state index in [0.717, 1.165) is 23.2 Å². The molecule has 1 N–H and O–H groups in total. The first-order valence-corrected chi connectivity index (χ1v) is 8.33. The number of hydrogen-bond acceptors (Lipinski definition) is 6. The van der Waals surface area contributed by atoms with Crippen LogP contribution in [0.5, 0.6) is 11.5 Å². The lowest BCUT2D eigenvalue weighted by atomic mass is 10.1. The van der Waals surface area contributed by atoms with E-state index in [1.54, 1.807) is 6.07 Å². The lowest BCUT2D eigenvalue weighted by molar-refractivity contribution is -0.386. The molecule has 7 heteroatoms. The third-order valence-electron chi connectivity index (χ3n) is 4.28. The number of nitro groups is 1. The number of aryl methyl sites for hydroxylation is 2. The lowest BCUT2D eigenvalue weighted by Crippen LogP contribution is -2.19. The minimum atomic E-state index is -0.458. The second-order valence-corrected chi connectivity index (χ2v) is 6.16. The molecule has 0 fully saturated rings. The van der Waals surface area contributed by atoms with Crippen molar-refractivity contribution >= 4 is 11.5 Å². The van der Waals surface area contributed by atoms with Gasteiger partial charge in [0.25, 0.3) is 0 Å². The largest absolute Gasteiger partial charge is 0.493 e. The molecule has 0 amide bonds. The van der Waals surface area contributed by atoms with Gasteiger partial charge in [0.1, 0.15) is 12.4 Å². The second-order valence-electron chi connectivity index (χ2n) is 6.16. The average Bonchev–Trinajstić information content (AvgIpc) is 3.16. The number of rotatable bonds is 6. The van der Waals surface area contributed by atoms with Gasteiger partial charge in [0.2, 0.25) is 5.75 Å². The molecule has 7 nitrogen and oxygen atoms in total. The Balaban J connectivity index is 1.97. The number of benzene rings is 2. The van der Waals surface area contributed by atoms with Gasteiger partial charge in [-0.25, -0.2) is 0 Å². The summed E-state index contributed by atoms with van der Waals surface area (Å²) in [6.07, 6.45) is 0. The standard InChI is InChI=1S/C19H21N3O4/c1-12-4-5-13(2)15(8-12)11-26-18-16(22(23)24)9-14(10-17(18)25-3)19-20-6-7-21-19/h4-5,8-10H,6-7,11H2,1-3H3,(H,20,21). The summed E-state index contributed by atoms with van der Waals surface area (Å²) in [5.41, 5.74) is 3.63. The summed E-state index contributed by atoms with van der Waals surface area (Å²) in [6, 6.07) is 9.22. The van der Waals surface area contributed by atoms with E-state index in [9.17, 15) is 10.1 Å². The van der Waals surface area contributed by atoms with Crippen LogP contribution in [0.25, 0.3) is 0 Å². The molecule has 0 spiro atoms. The molecule has 0 saturated heterocycles.